The van der Waals surface area contributed by atoms with Crippen molar-refractivity contribution in [1.29, 1.82) is 0 Å². The van der Waals surface area contributed by atoms with E-state index >= 15 is 0 Å². The van der Waals surface area contributed by atoms with Crippen LogP contribution in [0.15, 0.2) is 24.4 Å². The standard InChI is InChI=1S/C13H13NO3/c1-14-8-9(6-7-15)12-10(13(16)17-2)4-3-5-11(12)14/h3-5,7-8H,6H2,1-2H3. The molecular formula is C13H13NO3. The molecule has 1 aromatic carbocycles. The van der Waals surface area contributed by atoms with E-state index < -0.39 is 0 Å². The number of carbonyl (C=O) groups excluding carboxylic acids is 2. The van der Waals surface area contributed by atoms with Gasteiger partial charge in [0.05, 0.1) is 12.7 Å². The molecule has 0 amide bonds. The molecule has 0 unspecified atom stereocenters. The van der Waals surface area contributed by atoms with Crippen molar-refractivity contribution in [3.63, 3.8) is 0 Å². The van der Waals surface area contributed by atoms with Crippen LogP contribution >= 0.6 is 0 Å². The maximum atomic E-state index is 11.7. The van der Waals surface area contributed by atoms with Crippen LogP contribution in [-0.4, -0.2) is 23.9 Å². The van der Waals surface area contributed by atoms with Gasteiger partial charge >= 0.3 is 5.97 Å². The van der Waals surface area contributed by atoms with Crippen LogP contribution in [0, 0.1) is 0 Å². The number of fused-ring (bicyclic) bond motifs is 1. The minimum Gasteiger partial charge on any atom is -0.465 e. The fourth-order valence-electron chi connectivity index (χ4n) is 2.06. The van der Waals surface area contributed by atoms with Crippen LogP contribution in [0.3, 0.4) is 0 Å². The van der Waals surface area contributed by atoms with Gasteiger partial charge in [-0.3, -0.25) is 0 Å². The lowest BCUT2D eigenvalue weighted by atomic mass is 10.0. The Hall–Kier alpha value is -2.10. The zero-order valence-corrected chi connectivity index (χ0v) is 9.77. The number of methoxy groups -OCH3 is 1. The maximum absolute atomic E-state index is 11.7. The average molecular weight is 231 g/mol. The van der Waals surface area contributed by atoms with Crippen LogP contribution in [0.25, 0.3) is 10.9 Å². The summed E-state index contributed by atoms with van der Waals surface area (Å²) < 4.78 is 6.65. The third-order valence-electron chi connectivity index (χ3n) is 2.80. The van der Waals surface area contributed by atoms with Gasteiger partial charge in [-0.05, 0) is 17.7 Å². The van der Waals surface area contributed by atoms with Crippen molar-refractivity contribution in [3.8, 4) is 0 Å². The highest BCUT2D eigenvalue weighted by atomic mass is 16.5. The molecule has 2 rings (SSSR count). The molecule has 1 aromatic heterocycles. The van der Waals surface area contributed by atoms with Gasteiger partial charge in [-0.1, -0.05) is 6.07 Å². The molecule has 4 heteroatoms. The molecule has 2 aromatic rings. The minimum atomic E-state index is -0.381. The second-order valence-corrected chi connectivity index (χ2v) is 3.83. The van der Waals surface area contributed by atoms with Gasteiger partial charge in [0.25, 0.3) is 0 Å². The summed E-state index contributed by atoms with van der Waals surface area (Å²) in [6.07, 6.45) is 3.00. The van der Waals surface area contributed by atoms with Crippen molar-refractivity contribution in [2.45, 2.75) is 6.42 Å². The Kier molecular flexibility index (Phi) is 2.95. The average Bonchev–Trinajstić information content (AvgIpc) is 2.66. The van der Waals surface area contributed by atoms with Gasteiger partial charge in [0, 0.05) is 30.6 Å². The third-order valence-corrected chi connectivity index (χ3v) is 2.80. The molecule has 0 atom stereocenters. The number of benzene rings is 1. The topological polar surface area (TPSA) is 48.3 Å². The molecule has 17 heavy (non-hydrogen) atoms. The Morgan fingerprint density at radius 3 is 2.88 bits per heavy atom. The first-order chi connectivity index (χ1) is 8.19. The highest BCUT2D eigenvalue weighted by Crippen LogP contribution is 2.25. The number of esters is 1. The van der Waals surface area contributed by atoms with E-state index in [1.165, 1.54) is 7.11 Å². The molecule has 0 N–H and O–H groups in total. The van der Waals surface area contributed by atoms with Crippen molar-refractivity contribution < 1.29 is 14.3 Å². The molecule has 4 nitrogen and oxygen atoms in total. The van der Waals surface area contributed by atoms with Crippen LogP contribution in [0.5, 0.6) is 0 Å². The molecule has 88 valence electrons. The van der Waals surface area contributed by atoms with Crippen molar-refractivity contribution in [3.05, 3.63) is 35.5 Å². The van der Waals surface area contributed by atoms with Crippen molar-refractivity contribution in [2.24, 2.45) is 7.05 Å². The van der Waals surface area contributed by atoms with E-state index in [1.54, 1.807) is 12.1 Å². The van der Waals surface area contributed by atoms with E-state index in [4.69, 9.17) is 4.74 Å². The monoisotopic (exact) mass is 231 g/mol. The lowest BCUT2D eigenvalue weighted by Gasteiger charge is -2.03. The highest BCUT2D eigenvalue weighted by Gasteiger charge is 2.15. The number of hydrogen-bond acceptors (Lipinski definition) is 3. The molecular weight excluding hydrogens is 218 g/mol. The van der Waals surface area contributed by atoms with Gasteiger partial charge in [-0.2, -0.15) is 0 Å². The quantitative estimate of drug-likeness (QED) is 0.596. The van der Waals surface area contributed by atoms with Crippen molar-refractivity contribution >= 4 is 23.2 Å². The zero-order valence-electron chi connectivity index (χ0n) is 9.77. The first-order valence-electron chi connectivity index (χ1n) is 5.28. The molecule has 1 heterocycles. The summed E-state index contributed by atoms with van der Waals surface area (Å²) in [5.74, 6) is -0.381. The predicted octanol–water partition coefficient (Wildman–Crippen LogP) is 1.71. The highest BCUT2D eigenvalue weighted by molar-refractivity contribution is 6.05. The van der Waals surface area contributed by atoms with E-state index in [0.29, 0.717) is 12.0 Å². The van der Waals surface area contributed by atoms with Crippen LogP contribution in [-0.2, 0) is 23.0 Å². The number of aldehydes is 1. The second kappa shape index (κ2) is 4.41. The molecule has 0 fully saturated rings. The SMILES string of the molecule is COC(=O)c1cccc2c1c(CC=O)cn2C. The summed E-state index contributed by atoms with van der Waals surface area (Å²) in [6, 6.07) is 5.43. The zero-order chi connectivity index (χ0) is 12.4. The summed E-state index contributed by atoms with van der Waals surface area (Å²) >= 11 is 0. The number of rotatable bonds is 3. The fraction of sp³-hybridized carbons (Fsp3) is 0.231. The van der Waals surface area contributed by atoms with E-state index in [-0.39, 0.29) is 5.97 Å². The van der Waals surface area contributed by atoms with Crippen LogP contribution in [0.2, 0.25) is 0 Å². The number of ether oxygens (including phenoxy) is 1. The summed E-state index contributed by atoms with van der Waals surface area (Å²) in [5.41, 5.74) is 2.27. The number of carbonyl (C=O) groups is 2. The smallest absolute Gasteiger partial charge is 0.338 e. The number of hydrogen-bond donors (Lipinski definition) is 0. The third kappa shape index (κ3) is 1.82. The molecule has 0 saturated heterocycles. The molecule has 0 aliphatic heterocycles. The van der Waals surface area contributed by atoms with Crippen LogP contribution < -0.4 is 0 Å². The van der Waals surface area contributed by atoms with E-state index in [2.05, 4.69) is 0 Å². The van der Waals surface area contributed by atoms with E-state index in [9.17, 15) is 9.59 Å². The largest absolute Gasteiger partial charge is 0.465 e. The molecule has 0 aliphatic carbocycles. The van der Waals surface area contributed by atoms with Crippen molar-refractivity contribution in [1.82, 2.24) is 4.57 Å². The molecule has 0 spiro atoms. The van der Waals surface area contributed by atoms with Crippen LogP contribution in [0.4, 0.5) is 0 Å². The summed E-state index contributed by atoms with van der Waals surface area (Å²) in [7, 11) is 3.24. The van der Waals surface area contributed by atoms with Crippen LogP contribution in [0.1, 0.15) is 15.9 Å². The number of aryl methyl sites for hydroxylation is 1. The summed E-state index contributed by atoms with van der Waals surface area (Å²) in [5, 5.41) is 0.800. The van der Waals surface area contributed by atoms with Gasteiger partial charge in [0.1, 0.15) is 6.29 Å². The number of aromatic nitrogens is 1. The summed E-state index contributed by atoms with van der Waals surface area (Å²) in [6.45, 7) is 0. The first-order valence-corrected chi connectivity index (χ1v) is 5.28. The molecule has 0 saturated carbocycles. The molecule has 0 radical (unpaired) electrons. The second-order valence-electron chi connectivity index (χ2n) is 3.83. The van der Waals surface area contributed by atoms with Gasteiger partial charge in [0.15, 0.2) is 0 Å². The Balaban J connectivity index is 2.75. The Morgan fingerprint density at radius 2 is 2.24 bits per heavy atom. The van der Waals surface area contributed by atoms with Gasteiger partial charge in [-0.15, -0.1) is 0 Å². The lowest BCUT2D eigenvalue weighted by Crippen LogP contribution is -2.02. The number of nitrogens with zero attached hydrogens (tertiary/aromatic N) is 1. The normalized spacial score (nSPS) is 10.5. The van der Waals surface area contributed by atoms with E-state index in [0.717, 1.165) is 22.8 Å². The van der Waals surface area contributed by atoms with E-state index in [1.807, 2.05) is 23.9 Å². The molecule has 0 aliphatic rings. The lowest BCUT2D eigenvalue weighted by molar-refractivity contribution is -0.107. The summed E-state index contributed by atoms with van der Waals surface area (Å²) in [4.78, 5) is 22.3. The predicted molar refractivity (Wildman–Crippen MR) is 64.0 cm³/mol. The van der Waals surface area contributed by atoms with Gasteiger partial charge in [0.2, 0.25) is 0 Å². The van der Waals surface area contributed by atoms with Gasteiger partial charge in [-0.25, -0.2) is 4.79 Å². The Morgan fingerprint density at radius 1 is 1.47 bits per heavy atom. The first kappa shape index (κ1) is 11.4. The Labute approximate surface area is 98.8 Å². The molecule has 0 bridgehead atoms. The van der Waals surface area contributed by atoms with Crippen molar-refractivity contribution in [2.75, 3.05) is 7.11 Å². The Bertz CT molecular complexity index is 584. The maximum Gasteiger partial charge on any atom is 0.338 e. The minimum absolute atomic E-state index is 0.297. The fourth-order valence-corrected chi connectivity index (χ4v) is 2.06. The van der Waals surface area contributed by atoms with Gasteiger partial charge < -0.3 is 14.1 Å².